The first kappa shape index (κ1) is 66.4. The van der Waals surface area contributed by atoms with E-state index >= 15 is 0 Å². The number of ether oxygens (including phenoxy) is 3. The van der Waals surface area contributed by atoms with E-state index < -0.39 is 6.10 Å². The third-order valence-electron chi connectivity index (χ3n) is 14.7. The van der Waals surface area contributed by atoms with E-state index in [2.05, 4.69) is 27.7 Å². The van der Waals surface area contributed by atoms with E-state index in [4.69, 9.17) is 14.2 Å². The number of unbranched alkanes of at least 4 members (excludes halogenated alkanes) is 43. The molecule has 0 amide bonds. The first-order chi connectivity index (χ1) is 33.4. The fourth-order valence-electron chi connectivity index (χ4n) is 9.60. The lowest BCUT2D eigenvalue weighted by Crippen LogP contribution is -2.30. The summed E-state index contributed by atoms with van der Waals surface area (Å²) in [6, 6.07) is 0. The van der Waals surface area contributed by atoms with Gasteiger partial charge in [-0.2, -0.15) is 0 Å². The molecular formula is C62H120O6. The normalized spacial score (nSPS) is 12.4. The molecule has 0 aliphatic heterocycles. The zero-order chi connectivity index (χ0) is 49.5. The van der Waals surface area contributed by atoms with Crippen LogP contribution in [-0.4, -0.2) is 37.2 Å². The van der Waals surface area contributed by atoms with Crippen LogP contribution in [0.1, 0.15) is 355 Å². The minimum Gasteiger partial charge on any atom is -0.462 e. The minimum absolute atomic E-state index is 0.0613. The van der Waals surface area contributed by atoms with Gasteiger partial charge in [0.05, 0.1) is 0 Å². The highest BCUT2D eigenvalue weighted by molar-refractivity contribution is 5.71. The van der Waals surface area contributed by atoms with Crippen molar-refractivity contribution in [3.8, 4) is 0 Å². The predicted molar refractivity (Wildman–Crippen MR) is 293 cm³/mol. The minimum atomic E-state index is -0.762. The molecule has 0 aromatic carbocycles. The molecule has 0 spiro atoms. The van der Waals surface area contributed by atoms with Crippen molar-refractivity contribution in [1.29, 1.82) is 0 Å². The Bertz CT molecular complexity index is 1030. The molecule has 6 nitrogen and oxygen atoms in total. The molecule has 6 heteroatoms. The van der Waals surface area contributed by atoms with Crippen molar-refractivity contribution in [1.82, 2.24) is 0 Å². The van der Waals surface area contributed by atoms with Crippen molar-refractivity contribution in [3.63, 3.8) is 0 Å². The Labute approximate surface area is 425 Å². The molecular weight excluding hydrogens is 841 g/mol. The van der Waals surface area contributed by atoms with Crippen molar-refractivity contribution in [3.05, 3.63) is 0 Å². The van der Waals surface area contributed by atoms with Crippen LogP contribution in [-0.2, 0) is 28.6 Å². The van der Waals surface area contributed by atoms with E-state index in [1.807, 2.05) is 0 Å². The monoisotopic (exact) mass is 961 g/mol. The second kappa shape index (κ2) is 56.3. The van der Waals surface area contributed by atoms with E-state index in [1.165, 1.54) is 250 Å². The fraction of sp³-hybridized carbons (Fsp3) is 0.952. The van der Waals surface area contributed by atoms with E-state index in [9.17, 15) is 14.4 Å². The lowest BCUT2D eigenvalue weighted by molar-refractivity contribution is -0.167. The third-order valence-corrected chi connectivity index (χ3v) is 14.7. The highest BCUT2D eigenvalue weighted by Crippen LogP contribution is 2.19. The van der Waals surface area contributed by atoms with Gasteiger partial charge in [-0.25, -0.2) is 0 Å². The van der Waals surface area contributed by atoms with Crippen molar-refractivity contribution >= 4 is 17.9 Å². The van der Waals surface area contributed by atoms with E-state index in [0.717, 1.165) is 63.7 Å². The fourth-order valence-corrected chi connectivity index (χ4v) is 9.60. The van der Waals surface area contributed by atoms with Gasteiger partial charge in [-0.3, -0.25) is 14.4 Å². The number of carbonyl (C=O) groups is 3. The van der Waals surface area contributed by atoms with Gasteiger partial charge in [-0.05, 0) is 25.2 Å². The van der Waals surface area contributed by atoms with Crippen LogP contribution in [0.2, 0.25) is 0 Å². The molecule has 0 bridgehead atoms. The predicted octanol–water partition coefficient (Wildman–Crippen LogP) is 20.6. The van der Waals surface area contributed by atoms with Crippen molar-refractivity contribution in [2.75, 3.05) is 13.2 Å². The zero-order valence-corrected chi connectivity index (χ0v) is 46.6. The number of hydrogen-bond acceptors (Lipinski definition) is 6. The Kier molecular flexibility index (Phi) is 55.0. The molecule has 0 aromatic rings. The third kappa shape index (κ3) is 53.8. The zero-order valence-electron chi connectivity index (χ0n) is 46.6. The van der Waals surface area contributed by atoms with Gasteiger partial charge in [-0.1, -0.05) is 317 Å². The molecule has 0 N–H and O–H groups in total. The molecule has 0 saturated heterocycles. The molecule has 0 aliphatic rings. The lowest BCUT2D eigenvalue weighted by atomic mass is 9.99. The number of hydrogen-bond donors (Lipinski definition) is 0. The summed E-state index contributed by atoms with van der Waals surface area (Å²) in [6.45, 7) is 9.12. The summed E-state index contributed by atoms with van der Waals surface area (Å²) >= 11 is 0. The number of carbonyl (C=O) groups excluding carboxylic acids is 3. The van der Waals surface area contributed by atoms with Gasteiger partial charge in [0.1, 0.15) is 13.2 Å². The summed E-state index contributed by atoms with van der Waals surface area (Å²) < 4.78 is 16.9. The van der Waals surface area contributed by atoms with E-state index in [1.54, 1.807) is 0 Å². The molecule has 68 heavy (non-hydrogen) atoms. The first-order valence-corrected chi connectivity index (χ1v) is 30.9. The summed E-state index contributed by atoms with van der Waals surface area (Å²) in [5, 5.41) is 0. The second-order valence-corrected chi connectivity index (χ2v) is 21.6. The largest absolute Gasteiger partial charge is 0.462 e. The topological polar surface area (TPSA) is 78.9 Å². The van der Waals surface area contributed by atoms with Gasteiger partial charge in [0.25, 0.3) is 0 Å². The van der Waals surface area contributed by atoms with Crippen LogP contribution in [0, 0.1) is 5.92 Å². The molecule has 0 saturated carbocycles. The van der Waals surface area contributed by atoms with Crippen LogP contribution in [0.5, 0.6) is 0 Å². The Morgan fingerprint density at radius 2 is 0.515 bits per heavy atom. The van der Waals surface area contributed by atoms with Crippen LogP contribution < -0.4 is 0 Å². The lowest BCUT2D eigenvalue weighted by Gasteiger charge is -2.18. The van der Waals surface area contributed by atoms with Crippen LogP contribution >= 0.6 is 0 Å². The molecule has 0 radical (unpaired) electrons. The van der Waals surface area contributed by atoms with Gasteiger partial charge >= 0.3 is 17.9 Å². The maximum absolute atomic E-state index is 12.9. The standard InChI is InChI=1S/C62H120O6/c1-5-8-10-12-14-16-18-20-29-33-37-41-45-49-53-60(63)66-56-59(68-62(65)55-51-47-43-39-35-30-21-19-17-15-13-11-9-6-2)57-67-61(64)54-50-46-42-38-34-31-27-25-23-22-24-26-28-32-36-40-44-48-52-58(4)7-3/h58-59H,5-57H2,1-4H3/t58?,59-/m0/s1. The highest BCUT2D eigenvalue weighted by Gasteiger charge is 2.19. The number of esters is 3. The summed E-state index contributed by atoms with van der Waals surface area (Å²) in [6.07, 6.45) is 62.3. The van der Waals surface area contributed by atoms with Gasteiger partial charge in [-0.15, -0.1) is 0 Å². The van der Waals surface area contributed by atoms with Crippen LogP contribution in [0.3, 0.4) is 0 Å². The summed E-state index contributed by atoms with van der Waals surface area (Å²) in [5.41, 5.74) is 0. The average Bonchev–Trinajstić information content (AvgIpc) is 3.34. The maximum atomic E-state index is 12.9. The quantitative estimate of drug-likeness (QED) is 0.0343. The molecule has 2 atom stereocenters. The Morgan fingerprint density at radius 1 is 0.294 bits per heavy atom. The van der Waals surface area contributed by atoms with Gasteiger partial charge < -0.3 is 14.2 Å². The molecule has 0 aromatic heterocycles. The SMILES string of the molecule is CCCCCCCCCCCCCCCCC(=O)OC[C@@H](COC(=O)CCCCCCCCCCCCCCCCCCCCC(C)CC)OC(=O)CCCCCCCCCCCCCCCC. The van der Waals surface area contributed by atoms with E-state index in [-0.39, 0.29) is 31.1 Å². The van der Waals surface area contributed by atoms with Gasteiger partial charge in [0.15, 0.2) is 6.10 Å². The summed E-state index contributed by atoms with van der Waals surface area (Å²) in [4.78, 5) is 38.2. The highest BCUT2D eigenvalue weighted by atomic mass is 16.6. The van der Waals surface area contributed by atoms with Crippen LogP contribution in [0.4, 0.5) is 0 Å². The van der Waals surface area contributed by atoms with Crippen molar-refractivity contribution < 1.29 is 28.6 Å². The number of rotatable bonds is 57. The van der Waals surface area contributed by atoms with Crippen LogP contribution in [0.15, 0.2) is 0 Å². The second-order valence-electron chi connectivity index (χ2n) is 21.6. The Balaban J connectivity index is 4.23. The Morgan fingerprint density at radius 3 is 0.765 bits per heavy atom. The van der Waals surface area contributed by atoms with Crippen molar-refractivity contribution in [2.45, 2.75) is 361 Å². The molecule has 0 aliphatic carbocycles. The summed E-state index contributed by atoms with van der Waals surface area (Å²) in [5.74, 6) is 0.0797. The van der Waals surface area contributed by atoms with Crippen LogP contribution in [0.25, 0.3) is 0 Å². The molecule has 1 unspecified atom stereocenters. The first-order valence-electron chi connectivity index (χ1n) is 30.9. The van der Waals surface area contributed by atoms with Crippen molar-refractivity contribution in [2.24, 2.45) is 5.92 Å². The van der Waals surface area contributed by atoms with E-state index in [0.29, 0.717) is 19.3 Å². The molecule has 0 rings (SSSR count). The molecule has 0 heterocycles. The smallest absolute Gasteiger partial charge is 0.306 e. The van der Waals surface area contributed by atoms with Gasteiger partial charge in [0.2, 0.25) is 0 Å². The molecule has 404 valence electrons. The summed E-state index contributed by atoms with van der Waals surface area (Å²) in [7, 11) is 0. The average molecular weight is 962 g/mol. The maximum Gasteiger partial charge on any atom is 0.306 e. The van der Waals surface area contributed by atoms with Gasteiger partial charge in [0, 0.05) is 19.3 Å². The molecule has 0 fully saturated rings. The Hall–Kier alpha value is -1.59.